The van der Waals surface area contributed by atoms with Crippen LogP contribution in [0.5, 0.6) is 0 Å². The third kappa shape index (κ3) is 3.75. The topological polar surface area (TPSA) is 110 Å². The molecule has 1 amide bonds. The van der Waals surface area contributed by atoms with Crippen LogP contribution in [0.15, 0.2) is 64.5 Å². The largest absolute Gasteiger partial charge is 0.338 e. The number of carbonyl (C=O) groups excluding carboxylic acids is 1. The molecule has 2 aromatic carbocycles. The van der Waals surface area contributed by atoms with Crippen LogP contribution in [0.25, 0.3) is 27.8 Å². The van der Waals surface area contributed by atoms with Gasteiger partial charge in [-0.05, 0) is 31.5 Å². The quantitative estimate of drug-likeness (QED) is 0.363. The number of carbonyl (C=O) groups is 1. The molecule has 0 aliphatic heterocycles. The minimum absolute atomic E-state index is 0.264. The van der Waals surface area contributed by atoms with Crippen molar-refractivity contribution in [1.82, 2.24) is 29.5 Å². The Hall–Kier alpha value is -3.92. The first-order valence-electron chi connectivity index (χ1n) is 10.9. The monoisotopic (exact) mass is 473 g/mol. The number of aromatic nitrogens is 6. The number of nitrogens with one attached hydrogen (secondary N) is 2. The fourth-order valence-electron chi connectivity index (χ4n) is 3.92. The molecule has 0 saturated carbocycles. The Bertz CT molecular complexity index is 1570. The molecule has 34 heavy (non-hydrogen) atoms. The summed E-state index contributed by atoms with van der Waals surface area (Å²) in [4.78, 5) is 34.1. The molecule has 0 radical (unpaired) electrons. The molecule has 3 heterocycles. The predicted octanol–water partition coefficient (Wildman–Crippen LogP) is 3.81. The summed E-state index contributed by atoms with van der Waals surface area (Å²) in [6, 6.07) is 17.1. The number of fused-ring (bicyclic) bond motifs is 3. The molecule has 9 nitrogen and oxygen atoms in total. The summed E-state index contributed by atoms with van der Waals surface area (Å²) < 4.78 is 3.27. The molecule has 5 aromatic rings. The van der Waals surface area contributed by atoms with Crippen LogP contribution in [0.3, 0.4) is 0 Å². The van der Waals surface area contributed by atoms with E-state index in [-0.39, 0.29) is 17.2 Å². The van der Waals surface area contributed by atoms with Crippen LogP contribution < -0.4 is 10.9 Å². The van der Waals surface area contributed by atoms with Gasteiger partial charge in [-0.15, -0.1) is 10.2 Å². The molecule has 3 aromatic heterocycles. The predicted molar refractivity (Wildman–Crippen MR) is 134 cm³/mol. The number of amides is 1. The normalized spacial score (nSPS) is 12.3. The van der Waals surface area contributed by atoms with Crippen LogP contribution in [0.4, 0.5) is 5.69 Å². The SMILES string of the molecule is CCC(Sc1nnc2c(n1)[nH]c1ccccc12)C(=O)Nc1c(C)n(C)n(-c2ccccc2)c1=O. The van der Waals surface area contributed by atoms with Crippen LogP contribution >= 0.6 is 11.8 Å². The van der Waals surface area contributed by atoms with E-state index >= 15 is 0 Å². The maximum atomic E-state index is 13.1. The van der Waals surface area contributed by atoms with Crippen molar-refractivity contribution in [2.24, 2.45) is 7.05 Å². The molecule has 5 rings (SSSR count). The molecular weight excluding hydrogens is 450 g/mol. The lowest BCUT2D eigenvalue weighted by molar-refractivity contribution is -0.115. The molecule has 172 valence electrons. The van der Waals surface area contributed by atoms with Gasteiger partial charge < -0.3 is 10.3 Å². The summed E-state index contributed by atoms with van der Waals surface area (Å²) in [5.41, 5.74) is 3.63. The lowest BCUT2D eigenvalue weighted by Gasteiger charge is -2.12. The molecule has 10 heteroatoms. The van der Waals surface area contributed by atoms with Gasteiger partial charge >= 0.3 is 0 Å². The number of benzene rings is 2. The molecule has 0 fully saturated rings. The van der Waals surface area contributed by atoms with Gasteiger partial charge in [-0.3, -0.25) is 14.3 Å². The standard InChI is InChI=1S/C24H23N7O2S/c1-4-18(34-24-27-21-20(28-29-24)16-12-8-9-13-17(16)25-21)22(32)26-19-14(2)30(3)31(23(19)33)15-10-6-5-7-11-15/h5-13,18H,4H2,1-3H3,(H,26,32)(H,25,27,29). The van der Waals surface area contributed by atoms with E-state index in [0.29, 0.717) is 28.4 Å². The van der Waals surface area contributed by atoms with Crippen LogP contribution in [-0.4, -0.2) is 40.7 Å². The zero-order valence-electron chi connectivity index (χ0n) is 18.9. The second-order valence-corrected chi connectivity index (χ2v) is 9.07. The van der Waals surface area contributed by atoms with Gasteiger partial charge in [0, 0.05) is 18.0 Å². The van der Waals surface area contributed by atoms with Crippen molar-refractivity contribution in [3.05, 3.63) is 70.6 Å². The second-order valence-electron chi connectivity index (χ2n) is 7.90. The smallest absolute Gasteiger partial charge is 0.295 e. The van der Waals surface area contributed by atoms with Crippen molar-refractivity contribution >= 4 is 45.4 Å². The van der Waals surface area contributed by atoms with Gasteiger partial charge in [0.05, 0.1) is 16.6 Å². The van der Waals surface area contributed by atoms with Crippen LogP contribution in [0.1, 0.15) is 19.0 Å². The summed E-state index contributed by atoms with van der Waals surface area (Å²) in [7, 11) is 1.79. The summed E-state index contributed by atoms with van der Waals surface area (Å²) in [5.74, 6) is -0.279. The third-order valence-electron chi connectivity index (χ3n) is 5.82. The van der Waals surface area contributed by atoms with E-state index in [4.69, 9.17) is 0 Å². The van der Waals surface area contributed by atoms with Crippen molar-refractivity contribution in [2.45, 2.75) is 30.7 Å². The van der Waals surface area contributed by atoms with E-state index in [1.165, 1.54) is 16.4 Å². The molecule has 0 saturated heterocycles. The van der Waals surface area contributed by atoms with Crippen molar-refractivity contribution in [3.63, 3.8) is 0 Å². The van der Waals surface area contributed by atoms with Crippen LogP contribution in [-0.2, 0) is 11.8 Å². The van der Waals surface area contributed by atoms with Gasteiger partial charge in [-0.25, -0.2) is 9.67 Å². The Labute approximate surface area is 199 Å². The van der Waals surface area contributed by atoms with Crippen molar-refractivity contribution in [1.29, 1.82) is 0 Å². The summed E-state index contributed by atoms with van der Waals surface area (Å²) in [6.07, 6.45) is 0.531. The average molecular weight is 474 g/mol. The number of hydrogen-bond acceptors (Lipinski definition) is 6. The number of H-pyrrole nitrogens is 1. The number of aromatic amines is 1. The van der Waals surface area contributed by atoms with E-state index in [0.717, 1.165) is 16.6 Å². The lowest BCUT2D eigenvalue weighted by Crippen LogP contribution is -2.28. The Kier molecular flexibility index (Phi) is 5.66. The summed E-state index contributed by atoms with van der Waals surface area (Å²) in [5, 5.41) is 12.3. The number of rotatable bonds is 6. The van der Waals surface area contributed by atoms with Crippen LogP contribution in [0.2, 0.25) is 0 Å². The van der Waals surface area contributed by atoms with E-state index in [9.17, 15) is 9.59 Å². The second kappa shape index (κ2) is 8.79. The Morgan fingerprint density at radius 2 is 1.85 bits per heavy atom. The highest BCUT2D eigenvalue weighted by atomic mass is 32.2. The molecule has 0 spiro atoms. The maximum Gasteiger partial charge on any atom is 0.295 e. The van der Waals surface area contributed by atoms with Crippen molar-refractivity contribution in [2.75, 3.05) is 5.32 Å². The summed E-state index contributed by atoms with van der Waals surface area (Å²) in [6.45, 7) is 3.72. The zero-order chi connectivity index (χ0) is 23.8. The van der Waals surface area contributed by atoms with E-state index in [2.05, 4.69) is 25.5 Å². The Balaban J connectivity index is 1.40. The van der Waals surface area contributed by atoms with Crippen molar-refractivity contribution < 1.29 is 4.79 Å². The minimum atomic E-state index is -0.493. The average Bonchev–Trinajstić information content (AvgIpc) is 3.32. The fraction of sp³-hybridized carbons (Fsp3) is 0.208. The lowest BCUT2D eigenvalue weighted by atomic mass is 10.2. The first-order valence-corrected chi connectivity index (χ1v) is 11.8. The van der Waals surface area contributed by atoms with Gasteiger partial charge in [-0.1, -0.05) is 55.1 Å². The van der Waals surface area contributed by atoms with E-state index in [1.807, 2.05) is 61.5 Å². The fourth-order valence-corrected chi connectivity index (χ4v) is 4.74. The van der Waals surface area contributed by atoms with Gasteiger partial charge in [0.1, 0.15) is 11.2 Å². The molecule has 0 aliphatic rings. The molecule has 0 bridgehead atoms. The van der Waals surface area contributed by atoms with Gasteiger partial charge in [0.25, 0.3) is 5.56 Å². The van der Waals surface area contributed by atoms with Gasteiger partial charge in [0.15, 0.2) is 5.65 Å². The highest BCUT2D eigenvalue weighted by molar-refractivity contribution is 8.00. The molecule has 1 unspecified atom stereocenters. The molecule has 0 aliphatic carbocycles. The van der Waals surface area contributed by atoms with Crippen LogP contribution in [0, 0.1) is 6.92 Å². The zero-order valence-corrected chi connectivity index (χ0v) is 19.8. The number of nitrogens with zero attached hydrogens (tertiary/aromatic N) is 5. The minimum Gasteiger partial charge on any atom is -0.338 e. The number of thioether (sulfide) groups is 1. The number of anilines is 1. The van der Waals surface area contributed by atoms with Crippen molar-refractivity contribution in [3.8, 4) is 5.69 Å². The molecule has 2 N–H and O–H groups in total. The van der Waals surface area contributed by atoms with E-state index < -0.39 is 5.25 Å². The number of hydrogen-bond donors (Lipinski definition) is 2. The molecule has 1 atom stereocenters. The first-order chi connectivity index (χ1) is 16.5. The number of para-hydroxylation sites is 2. The Morgan fingerprint density at radius 1 is 1.12 bits per heavy atom. The third-order valence-corrected chi connectivity index (χ3v) is 7.03. The highest BCUT2D eigenvalue weighted by Crippen LogP contribution is 2.27. The van der Waals surface area contributed by atoms with Gasteiger partial charge in [-0.2, -0.15) is 0 Å². The van der Waals surface area contributed by atoms with Gasteiger partial charge in [0.2, 0.25) is 11.1 Å². The van der Waals surface area contributed by atoms with E-state index in [1.54, 1.807) is 18.7 Å². The summed E-state index contributed by atoms with van der Waals surface area (Å²) >= 11 is 1.23. The Morgan fingerprint density at radius 3 is 2.62 bits per heavy atom. The highest BCUT2D eigenvalue weighted by Gasteiger charge is 2.24. The molecular formula is C24H23N7O2S. The first kappa shape index (κ1) is 21.9. The maximum absolute atomic E-state index is 13.1.